The number of anilines is 1. The summed E-state index contributed by atoms with van der Waals surface area (Å²) in [6.45, 7) is 0.559. The van der Waals surface area contributed by atoms with Gasteiger partial charge in [0.15, 0.2) is 5.54 Å². The van der Waals surface area contributed by atoms with Crippen LogP contribution in [0.2, 0.25) is 0 Å². The number of aliphatic carboxylic acids is 1. The van der Waals surface area contributed by atoms with Gasteiger partial charge in [-0.25, -0.2) is 0 Å². The molecule has 1 aromatic carbocycles. The minimum atomic E-state index is -4.89. The van der Waals surface area contributed by atoms with E-state index in [1.54, 1.807) is 0 Å². The van der Waals surface area contributed by atoms with Crippen LogP contribution in [0.15, 0.2) is 24.3 Å². The summed E-state index contributed by atoms with van der Waals surface area (Å²) in [6.07, 6.45) is -5.20. The molecule has 5 nitrogen and oxygen atoms in total. The number of carboxylic acid groups (broad SMARTS) is 1. The molecule has 1 unspecified atom stereocenters. The van der Waals surface area contributed by atoms with Gasteiger partial charge >= 0.3 is 12.1 Å². The van der Waals surface area contributed by atoms with E-state index < -0.39 is 23.6 Å². The number of halogens is 3. The Labute approximate surface area is 112 Å². The van der Waals surface area contributed by atoms with Crippen molar-refractivity contribution in [2.45, 2.75) is 25.1 Å². The number of nitrogens with one attached hydrogen (secondary N) is 1. The number of carboxylic acids is 1. The first kappa shape index (κ1) is 16.0. The molecular formula is C12H13F3N2O3. The molecular weight excluding hydrogens is 277 g/mol. The molecule has 1 aromatic rings. The fourth-order valence-corrected chi connectivity index (χ4v) is 1.32. The monoisotopic (exact) mass is 290 g/mol. The normalized spacial score (nSPS) is 14.4. The van der Waals surface area contributed by atoms with Gasteiger partial charge in [0.25, 0.3) is 5.91 Å². The molecule has 0 heterocycles. The lowest BCUT2D eigenvalue weighted by molar-refractivity contribution is -0.184. The van der Waals surface area contributed by atoms with E-state index >= 15 is 0 Å². The van der Waals surface area contributed by atoms with E-state index in [1.165, 1.54) is 24.3 Å². The van der Waals surface area contributed by atoms with Crippen molar-refractivity contribution in [1.29, 1.82) is 0 Å². The Kier molecular flexibility index (Phi) is 4.39. The highest BCUT2D eigenvalue weighted by atomic mass is 19.4. The molecule has 0 aliphatic carbocycles. The molecule has 110 valence electrons. The summed E-state index contributed by atoms with van der Waals surface area (Å²) >= 11 is 0. The average molecular weight is 290 g/mol. The van der Waals surface area contributed by atoms with Gasteiger partial charge in [0, 0.05) is 5.69 Å². The molecule has 20 heavy (non-hydrogen) atoms. The first-order valence-corrected chi connectivity index (χ1v) is 5.52. The Balaban J connectivity index is 2.89. The van der Waals surface area contributed by atoms with E-state index in [2.05, 4.69) is 0 Å². The third kappa shape index (κ3) is 3.70. The molecule has 0 aromatic heterocycles. The van der Waals surface area contributed by atoms with Crippen molar-refractivity contribution in [3.63, 3.8) is 0 Å². The molecule has 0 aliphatic rings. The molecule has 4 N–H and O–H groups in total. The first-order chi connectivity index (χ1) is 9.04. The highest BCUT2D eigenvalue weighted by Crippen LogP contribution is 2.29. The topological polar surface area (TPSA) is 92.4 Å². The van der Waals surface area contributed by atoms with Crippen molar-refractivity contribution in [3.8, 4) is 0 Å². The van der Waals surface area contributed by atoms with Crippen LogP contribution in [-0.2, 0) is 16.0 Å². The fraction of sp³-hybridized carbons (Fsp3) is 0.333. The number of nitrogens with two attached hydrogens (primary N) is 1. The predicted octanol–water partition coefficient (Wildman–Crippen LogP) is 1.53. The molecule has 0 saturated heterocycles. The van der Waals surface area contributed by atoms with Crippen LogP contribution in [0.5, 0.6) is 0 Å². The second kappa shape index (κ2) is 5.49. The molecule has 0 aliphatic heterocycles. The van der Waals surface area contributed by atoms with Gasteiger partial charge in [-0.3, -0.25) is 9.59 Å². The van der Waals surface area contributed by atoms with E-state index in [1.807, 2.05) is 5.32 Å². The lowest BCUT2D eigenvalue weighted by Gasteiger charge is -2.26. The Bertz CT molecular complexity index is 527. The zero-order valence-electron chi connectivity index (χ0n) is 10.5. The SMILES string of the molecule is CC(N)(C(=O)Nc1cccc(CC(=O)O)c1)C(F)(F)F. The third-order valence-electron chi connectivity index (χ3n) is 2.60. The standard InChI is InChI=1S/C12H13F3N2O3/c1-11(16,12(13,14)15)10(20)17-8-4-2-3-7(5-8)6-9(18)19/h2-5H,6,16H2,1H3,(H,17,20)(H,18,19). The highest BCUT2D eigenvalue weighted by molar-refractivity contribution is 5.98. The molecule has 0 saturated carbocycles. The summed E-state index contributed by atoms with van der Waals surface area (Å²) in [7, 11) is 0. The number of carbonyl (C=O) groups excluding carboxylic acids is 1. The van der Waals surface area contributed by atoms with Crippen molar-refractivity contribution in [2.75, 3.05) is 5.32 Å². The quantitative estimate of drug-likeness (QED) is 0.784. The molecule has 0 fully saturated rings. The first-order valence-electron chi connectivity index (χ1n) is 5.52. The molecule has 1 atom stereocenters. The lowest BCUT2D eigenvalue weighted by atomic mass is 10.0. The summed E-state index contributed by atoms with van der Waals surface area (Å²) in [6, 6.07) is 5.53. The minimum Gasteiger partial charge on any atom is -0.481 e. The average Bonchev–Trinajstić information content (AvgIpc) is 2.26. The molecule has 8 heteroatoms. The van der Waals surface area contributed by atoms with Crippen molar-refractivity contribution >= 4 is 17.6 Å². The maximum absolute atomic E-state index is 12.6. The number of amides is 1. The molecule has 1 rings (SSSR count). The summed E-state index contributed by atoms with van der Waals surface area (Å²) < 4.78 is 37.7. The van der Waals surface area contributed by atoms with Crippen molar-refractivity contribution in [3.05, 3.63) is 29.8 Å². The Hall–Kier alpha value is -2.09. The van der Waals surface area contributed by atoms with Crippen LogP contribution < -0.4 is 11.1 Å². The maximum Gasteiger partial charge on any atom is 0.415 e. The lowest BCUT2D eigenvalue weighted by Crippen LogP contribution is -2.59. The van der Waals surface area contributed by atoms with Gasteiger partial charge in [-0.05, 0) is 24.6 Å². The van der Waals surface area contributed by atoms with E-state index in [4.69, 9.17) is 10.8 Å². The van der Waals surface area contributed by atoms with Crippen LogP contribution in [0.25, 0.3) is 0 Å². The van der Waals surface area contributed by atoms with Gasteiger partial charge in [0.1, 0.15) is 0 Å². The number of alkyl halides is 3. The van der Waals surface area contributed by atoms with Crippen molar-refractivity contribution in [1.82, 2.24) is 0 Å². The van der Waals surface area contributed by atoms with Crippen LogP contribution in [0.3, 0.4) is 0 Å². The van der Waals surface area contributed by atoms with Gasteiger partial charge in [-0.2, -0.15) is 13.2 Å². The Morgan fingerprint density at radius 3 is 2.45 bits per heavy atom. The summed E-state index contributed by atoms with van der Waals surface area (Å²) in [4.78, 5) is 22.1. The summed E-state index contributed by atoms with van der Waals surface area (Å²) in [5, 5.41) is 10.6. The van der Waals surface area contributed by atoms with Crippen LogP contribution in [-0.4, -0.2) is 28.7 Å². The zero-order valence-corrected chi connectivity index (χ0v) is 10.5. The number of benzene rings is 1. The van der Waals surface area contributed by atoms with Crippen LogP contribution in [0.1, 0.15) is 12.5 Å². The van der Waals surface area contributed by atoms with Crippen molar-refractivity contribution in [2.24, 2.45) is 5.73 Å². The minimum absolute atomic E-state index is 0.0506. The van der Waals surface area contributed by atoms with Gasteiger partial charge < -0.3 is 16.2 Å². The van der Waals surface area contributed by atoms with E-state index in [9.17, 15) is 22.8 Å². The second-order valence-electron chi connectivity index (χ2n) is 4.43. The van der Waals surface area contributed by atoms with Gasteiger partial charge in [-0.1, -0.05) is 12.1 Å². The number of rotatable bonds is 4. The Morgan fingerprint density at radius 2 is 1.95 bits per heavy atom. The zero-order chi connectivity index (χ0) is 15.6. The fourth-order valence-electron chi connectivity index (χ4n) is 1.32. The summed E-state index contributed by atoms with van der Waals surface area (Å²) in [5.41, 5.74) is 2.34. The molecule has 0 spiro atoms. The molecule has 1 amide bonds. The second-order valence-corrected chi connectivity index (χ2v) is 4.43. The summed E-state index contributed by atoms with van der Waals surface area (Å²) in [5.74, 6) is -2.51. The van der Waals surface area contributed by atoms with Gasteiger partial charge in [-0.15, -0.1) is 0 Å². The number of carbonyl (C=O) groups is 2. The molecule has 0 radical (unpaired) electrons. The van der Waals surface area contributed by atoms with Gasteiger partial charge in [0.2, 0.25) is 0 Å². The Morgan fingerprint density at radius 1 is 1.35 bits per heavy atom. The van der Waals surface area contributed by atoms with Crippen LogP contribution in [0, 0.1) is 0 Å². The smallest absolute Gasteiger partial charge is 0.415 e. The maximum atomic E-state index is 12.6. The number of hydrogen-bond acceptors (Lipinski definition) is 3. The van der Waals surface area contributed by atoms with Crippen LogP contribution in [0.4, 0.5) is 18.9 Å². The number of hydrogen-bond donors (Lipinski definition) is 3. The van der Waals surface area contributed by atoms with E-state index in [-0.39, 0.29) is 12.1 Å². The molecule has 0 bridgehead atoms. The predicted molar refractivity (Wildman–Crippen MR) is 65.1 cm³/mol. The van der Waals surface area contributed by atoms with Crippen LogP contribution >= 0.6 is 0 Å². The largest absolute Gasteiger partial charge is 0.481 e. The highest BCUT2D eigenvalue weighted by Gasteiger charge is 2.53. The van der Waals surface area contributed by atoms with Crippen molar-refractivity contribution < 1.29 is 27.9 Å². The van der Waals surface area contributed by atoms with E-state index in [0.717, 1.165) is 0 Å². The third-order valence-corrected chi connectivity index (χ3v) is 2.60. The van der Waals surface area contributed by atoms with E-state index in [0.29, 0.717) is 12.5 Å². The van der Waals surface area contributed by atoms with Gasteiger partial charge in [0.05, 0.1) is 6.42 Å².